The number of para-hydroxylation sites is 1. The normalized spacial score (nSPS) is 14.0. The van der Waals surface area contributed by atoms with E-state index in [1.165, 1.54) is 22.4 Å². The summed E-state index contributed by atoms with van der Waals surface area (Å²) in [6, 6.07) is 16.5. The average Bonchev–Trinajstić information content (AvgIpc) is 3.06. The molecule has 0 aliphatic carbocycles. The number of carbonyl (C=O) groups is 2. The monoisotopic (exact) mass is 429 g/mol. The van der Waals surface area contributed by atoms with Gasteiger partial charge in [-0.1, -0.05) is 24.3 Å². The van der Waals surface area contributed by atoms with Gasteiger partial charge in [0, 0.05) is 54.5 Å². The molecule has 1 fully saturated rings. The average molecular weight is 430 g/mol. The van der Waals surface area contributed by atoms with Crippen LogP contribution >= 0.6 is 0 Å². The molecule has 0 N–H and O–H groups in total. The van der Waals surface area contributed by atoms with E-state index >= 15 is 0 Å². The van der Waals surface area contributed by atoms with Crippen LogP contribution < -0.4 is 4.90 Å². The second-order valence-electron chi connectivity index (χ2n) is 8.86. The molecule has 0 radical (unpaired) electrons. The third-order valence-corrected chi connectivity index (χ3v) is 6.36. The van der Waals surface area contributed by atoms with Crippen molar-refractivity contribution in [2.75, 3.05) is 31.1 Å². The van der Waals surface area contributed by atoms with Crippen LogP contribution in [0.4, 0.5) is 5.69 Å². The first-order chi connectivity index (χ1) is 15.3. The predicted octanol–water partition coefficient (Wildman–Crippen LogP) is 4.55. The largest absolute Gasteiger partial charge is 0.368 e. The SMILES string of the molecule is Cc1cc(C)cc(-n2c(C)cc(C(=O)C(=O)N3CCN(c4ccccc4C)CC3)c2C)c1. The fourth-order valence-electron chi connectivity index (χ4n) is 4.80. The Balaban J connectivity index is 1.52. The van der Waals surface area contributed by atoms with Gasteiger partial charge in [-0.15, -0.1) is 0 Å². The van der Waals surface area contributed by atoms with Crippen molar-refractivity contribution in [3.63, 3.8) is 0 Å². The minimum Gasteiger partial charge on any atom is -0.368 e. The second kappa shape index (κ2) is 8.65. The lowest BCUT2D eigenvalue weighted by molar-refractivity contribution is -0.126. The number of hydrogen-bond donors (Lipinski definition) is 0. The number of nitrogens with zero attached hydrogens (tertiary/aromatic N) is 3. The molecule has 0 spiro atoms. The number of carbonyl (C=O) groups excluding carboxylic acids is 2. The number of rotatable bonds is 4. The summed E-state index contributed by atoms with van der Waals surface area (Å²) < 4.78 is 2.07. The van der Waals surface area contributed by atoms with Crippen LogP contribution in [0.25, 0.3) is 5.69 Å². The Morgan fingerprint density at radius 3 is 2.03 bits per heavy atom. The zero-order chi connectivity index (χ0) is 23.0. The molecule has 1 amide bonds. The summed E-state index contributed by atoms with van der Waals surface area (Å²) >= 11 is 0. The van der Waals surface area contributed by atoms with Crippen molar-refractivity contribution >= 4 is 17.4 Å². The number of anilines is 1. The number of hydrogen-bond acceptors (Lipinski definition) is 3. The van der Waals surface area contributed by atoms with Crippen LogP contribution in [0.15, 0.2) is 48.5 Å². The zero-order valence-electron chi connectivity index (χ0n) is 19.6. The van der Waals surface area contributed by atoms with E-state index in [-0.39, 0.29) is 0 Å². The molecule has 2 aromatic carbocycles. The van der Waals surface area contributed by atoms with Gasteiger partial charge in [-0.05, 0) is 75.6 Å². The number of aromatic nitrogens is 1. The van der Waals surface area contributed by atoms with Crippen molar-refractivity contribution in [3.8, 4) is 5.69 Å². The Kier molecular flexibility index (Phi) is 5.92. The standard InChI is InChI=1S/C27H31N3O2/c1-18-14-19(2)16-23(15-18)30-21(4)17-24(22(30)5)26(31)27(32)29-12-10-28(11-13-29)25-9-7-6-8-20(25)3/h6-9,14-17H,10-13H2,1-5H3. The van der Waals surface area contributed by atoms with Gasteiger partial charge in [0.05, 0.1) is 0 Å². The quantitative estimate of drug-likeness (QED) is 0.451. The number of piperazine rings is 1. The van der Waals surface area contributed by atoms with Crippen LogP contribution in [-0.2, 0) is 4.79 Å². The highest BCUT2D eigenvalue weighted by atomic mass is 16.2. The summed E-state index contributed by atoms with van der Waals surface area (Å²) in [5.41, 5.74) is 8.04. The molecular formula is C27H31N3O2. The van der Waals surface area contributed by atoms with Gasteiger partial charge in [0.1, 0.15) is 0 Å². The summed E-state index contributed by atoms with van der Waals surface area (Å²) in [4.78, 5) is 30.2. The highest BCUT2D eigenvalue weighted by molar-refractivity contribution is 6.43. The van der Waals surface area contributed by atoms with Crippen LogP contribution in [0, 0.1) is 34.6 Å². The summed E-state index contributed by atoms with van der Waals surface area (Å²) in [6.07, 6.45) is 0. The molecule has 1 aromatic heterocycles. The van der Waals surface area contributed by atoms with Gasteiger partial charge in [0.2, 0.25) is 0 Å². The number of ketones is 1. The summed E-state index contributed by atoms with van der Waals surface area (Å²) in [5, 5.41) is 0. The van der Waals surface area contributed by atoms with Crippen molar-refractivity contribution in [2.45, 2.75) is 34.6 Å². The van der Waals surface area contributed by atoms with E-state index in [1.54, 1.807) is 4.90 Å². The van der Waals surface area contributed by atoms with E-state index in [1.807, 2.05) is 32.0 Å². The Bertz CT molecular complexity index is 1160. The first-order valence-corrected chi connectivity index (χ1v) is 11.2. The van der Waals surface area contributed by atoms with E-state index in [9.17, 15) is 9.59 Å². The third kappa shape index (κ3) is 4.07. The third-order valence-electron chi connectivity index (χ3n) is 6.36. The van der Waals surface area contributed by atoms with Crippen LogP contribution in [-0.4, -0.2) is 47.3 Å². The molecule has 0 saturated carbocycles. The van der Waals surface area contributed by atoms with Crippen LogP contribution in [0.2, 0.25) is 0 Å². The molecule has 3 aromatic rings. The van der Waals surface area contributed by atoms with Crippen molar-refractivity contribution in [2.24, 2.45) is 0 Å². The molecule has 32 heavy (non-hydrogen) atoms. The van der Waals surface area contributed by atoms with E-state index in [4.69, 9.17) is 0 Å². The van der Waals surface area contributed by atoms with Gasteiger partial charge in [-0.25, -0.2) is 0 Å². The lowest BCUT2D eigenvalue weighted by Crippen LogP contribution is -2.50. The Morgan fingerprint density at radius 1 is 0.781 bits per heavy atom. The Labute approximate surface area is 190 Å². The highest BCUT2D eigenvalue weighted by Crippen LogP contribution is 2.25. The molecule has 1 aliphatic rings. The van der Waals surface area contributed by atoms with Crippen LogP contribution in [0.1, 0.15) is 38.4 Å². The molecular weight excluding hydrogens is 398 g/mol. The maximum Gasteiger partial charge on any atom is 0.295 e. The molecule has 1 aliphatic heterocycles. The summed E-state index contributed by atoms with van der Waals surface area (Å²) in [5.74, 6) is -0.826. The van der Waals surface area contributed by atoms with E-state index in [2.05, 4.69) is 60.6 Å². The first-order valence-electron chi connectivity index (χ1n) is 11.2. The molecule has 1 saturated heterocycles. The van der Waals surface area contributed by atoms with Gasteiger partial charge >= 0.3 is 0 Å². The maximum absolute atomic E-state index is 13.2. The molecule has 5 nitrogen and oxygen atoms in total. The van der Waals surface area contributed by atoms with Crippen molar-refractivity contribution in [3.05, 3.63) is 82.2 Å². The van der Waals surface area contributed by atoms with Gasteiger partial charge in [-0.2, -0.15) is 0 Å². The molecule has 0 atom stereocenters. The molecule has 5 heteroatoms. The number of aryl methyl sites for hydroxylation is 4. The lowest BCUT2D eigenvalue weighted by atomic mass is 10.1. The fraction of sp³-hybridized carbons (Fsp3) is 0.333. The lowest BCUT2D eigenvalue weighted by Gasteiger charge is -2.36. The van der Waals surface area contributed by atoms with Gasteiger partial charge < -0.3 is 14.4 Å². The van der Waals surface area contributed by atoms with E-state index in [0.29, 0.717) is 18.7 Å². The smallest absolute Gasteiger partial charge is 0.295 e. The predicted molar refractivity (Wildman–Crippen MR) is 129 cm³/mol. The Morgan fingerprint density at radius 2 is 1.41 bits per heavy atom. The number of amides is 1. The van der Waals surface area contributed by atoms with Crippen LogP contribution in [0.3, 0.4) is 0 Å². The molecule has 4 rings (SSSR count). The van der Waals surface area contributed by atoms with Gasteiger partial charge in [0.25, 0.3) is 11.7 Å². The van der Waals surface area contributed by atoms with Gasteiger partial charge in [-0.3, -0.25) is 9.59 Å². The second-order valence-corrected chi connectivity index (χ2v) is 8.86. The Hall–Kier alpha value is -3.34. The van der Waals surface area contributed by atoms with Crippen molar-refractivity contribution in [1.29, 1.82) is 0 Å². The molecule has 0 bridgehead atoms. The molecule has 2 heterocycles. The summed E-state index contributed by atoms with van der Waals surface area (Å²) in [6.45, 7) is 12.7. The van der Waals surface area contributed by atoms with E-state index in [0.717, 1.165) is 30.2 Å². The minimum atomic E-state index is -0.418. The molecule has 0 unspecified atom stereocenters. The minimum absolute atomic E-state index is 0.407. The highest BCUT2D eigenvalue weighted by Gasteiger charge is 2.29. The van der Waals surface area contributed by atoms with E-state index < -0.39 is 11.7 Å². The first kappa shape index (κ1) is 21.9. The number of benzene rings is 2. The summed E-state index contributed by atoms with van der Waals surface area (Å²) in [7, 11) is 0. The van der Waals surface area contributed by atoms with Crippen LogP contribution in [0.5, 0.6) is 0 Å². The zero-order valence-corrected chi connectivity index (χ0v) is 19.6. The van der Waals surface area contributed by atoms with Gasteiger partial charge in [0.15, 0.2) is 0 Å². The maximum atomic E-state index is 13.2. The molecule has 166 valence electrons. The van der Waals surface area contributed by atoms with Crippen molar-refractivity contribution in [1.82, 2.24) is 9.47 Å². The number of Topliss-reactive ketones (excluding diaryl/α,β-unsaturated/α-hetero) is 1. The fourth-order valence-corrected chi connectivity index (χ4v) is 4.80. The topological polar surface area (TPSA) is 45.6 Å². The van der Waals surface area contributed by atoms with Crippen molar-refractivity contribution < 1.29 is 9.59 Å².